The van der Waals surface area contributed by atoms with Crippen LogP contribution in [-0.4, -0.2) is 24.1 Å². The smallest absolute Gasteiger partial charge is 0.262 e. The molecule has 0 spiro atoms. The number of anilines is 1. The first-order chi connectivity index (χ1) is 14.2. The second kappa shape index (κ2) is 8.48. The van der Waals surface area contributed by atoms with Crippen molar-refractivity contribution in [3.8, 4) is 23.0 Å². The van der Waals surface area contributed by atoms with Crippen molar-refractivity contribution >= 4 is 22.7 Å². The van der Waals surface area contributed by atoms with Crippen LogP contribution in [0.5, 0.6) is 11.5 Å². The highest BCUT2D eigenvalue weighted by Crippen LogP contribution is 2.27. The molecule has 1 heterocycles. The number of nitrogens with zero attached hydrogens (tertiary/aromatic N) is 1. The fourth-order valence-electron chi connectivity index (χ4n) is 2.88. The van der Waals surface area contributed by atoms with Crippen molar-refractivity contribution in [2.45, 2.75) is 6.92 Å². The molecule has 3 aromatic carbocycles. The topological polar surface area (TPSA) is 73.6 Å². The number of para-hydroxylation sites is 4. The first-order valence-electron chi connectivity index (χ1n) is 9.33. The van der Waals surface area contributed by atoms with Crippen LogP contribution >= 0.6 is 0 Å². The molecule has 0 bridgehead atoms. The van der Waals surface area contributed by atoms with Gasteiger partial charge in [0.1, 0.15) is 5.52 Å². The molecule has 29 heavy (non-hydrogen) atoms. The lowest BCUT2D eigenvalue weighted by Crippen LogP contribution is -2.20. The summed E-state index contributed by atoms with van der Waals surface area (Å²) in [6.07, 6.45) is 0. The van der Waals surface area contributed by atoms with Crippen LogP contribution in [0, 0.1) is 0 Å². The fourth-order valence-corrected chi connectivity index (χ4v) is 2.88. The van der Waals surface area contributed by atoms with Crippen molar-refractivity contribution in [1.82, 2.24) is 4.98 Å². The molecule has 4 rings (SSSR count). The van der Waals surface area contributed by atoms with Gasteiger partial charge in [-0.2, -0.15) is 0 Å². The zero-order chi connectivity index (χ0) is 20.1. The molecule has 1 amide bonds. The standard InChI is InChI=1S/C23H20N2O4/c1-2-27-20-9-5-6-10-21(20)28-15-22(26)24-17-13-11-16(12-14-17)23-25-18-7-3-4-8-19(18)29-23/h3-14H,2,15H2,1H3,(H,24,26). The minimum Gasteiger partial charge on any atom is -0.490 e. The molecule has 0 aliphatic carbocycles. The Kier molecular flexibility index (Phi) is 5.42. The largest absolute Gasteiger partial charge is 0.490 e. The van der Waals surface area contributed by atoms with E-state index in [4.69, 9.17) is 13.9 Å². The minimum absolute atomic E-state index is 0.114. The molecule has 0 aliphatic rings. The maximum absolute atomic E-state index is 12.2. The zero-order valence-corrected chi connectivity index (χ0v) is 15.9. The van der Waals surface area contributed by atoms with Gasteiger partial charge in [-0.15, -0.1) is 0 Å². The van der Waals surface area contributed by atoms with E-state index in [9.17, 15) is 4.79 Å². The summed E-state index contributed by atoms with van der Waals surface area (Å²) in [5.74, 6) is 1.44. The summed E-state index contributed by atoms with van der Waals surface area (Å²) < 4.78 is 16.8. The number of oxazole rings is 1. The first kappa shape index (κ1) is 18.6. The van der Waals surface area contributed by atoms with Gasteiger partial charge in [-0.3, -0.25) is 4.79 Å². The quantitative estimate of drug-likeness (QED) is 0.487. The van der Waals surface area contributed by atoms with Crippen molar-refractivity contribution in [1.29, 1.82) is 0 Å². The van der Waals surface area contributed by atoms with Crippen LogP contribution in [0.25, 0.3) is 22.6 Å². The van der Waals surface area contributed by atoms with E-state index in [2.05, 4.69) is 10.3 Å². The van der Waals surface area contributed by atoms with Crippen molar-refractivity contribution in [3.05, 3.63) is 72.8 Å². The number of rotatable bonds is 7. The van der Waals surface area contributed by atoms with Crippen LogP contribution in [0.3, 0.4) is 0 Å². The predicted molar refractivity (Wildman–Crippen MR) is 111 cm³/mol. The van der Waals surface area contributed by atoms with Crippen LogP contribution in [0.4, 0.5) is 5.69 Å². The summed E-state index contributed by atoms with van der Waals surface area (Å²) in [4.78, 5) is 16.7. The van der Waals surface area contributed by atoms with Gasteiger partial charge >= 0.3 is 0 Å². The lowest BCUT2D eigenvalue weighted by molar-refractivity contribution is -0.118. The molecule has 0 radical (unpaired) electrons. The van der Waals surface area contributed by atoms with Gasteiger partial charge in [-0.05, 0) is 55.5 Å². The Morgan fingerprint density at radius 2 is 1.62 bits per heavy atom. The van der Waals surface area contributed by atoms with E-state index in [0.29, 0.717) is 29.7 Å². The van der Waals surface area contributed by atoms with Crippen molar-refractivity contribution in [2.24, 2.45) is 0 Å². The average Bonchev–Trinajstić information content (AvgIpc) is 3.18. The van der Waals surface area contributed by atoms with Crippen LogP contribution in [0.2, 0.25) is 0 Å². The number of aromatic nitrogens is 1. The van der Waals surface area contributed by atoms with Crippen molar-refractivity contribution in [3.63, 3.8) is 0 Å². The molecule has 1 N–H and O–H groups in total. The van der Waals surface area contributed by atoms with E-state index in [1.807, 2.05) is 61.5 Å². The number of amides is 1. The van der Waals surface area contributed by atoms with E-state index < -0.39 is 0 Å². The van der Waals surface area contributed by atoms with E-state index in [1.54, 1.807) is 18.2 Å². The van der Waals surface area contributed by atoms with Gasteiger partial charge in [-0.25, -0.2) is 4.98 Å². The number of fused-ring (bicyclic) bond motifs is 1. The number of ether oxygens (including phenoxy) is 2. The third-order valence-electron chi connectivity index (χ3n) is 4.22. The third kappa shape index (κ3) is 4.38. The van der Waals surface area contributed by atoms with Gasteiger partial charge in [0, 0.05) is 11.3 Å². The summed E-state index contributed by atoms with van der Waals surface area (Å²) in [7, 11) is 0. The molecule has 6 nitrogen and oxygen atoms in total. The highest BCUT2D eigenvalue weighted by molar-refractivity contribution is 5.92. The minimum atomic E-state index is -0.258. The normalized spacial score (nSPS) is 10.7. The van der Waals surface area contributed by atoms with Crippen LogP contribution in [-0.2, 0) is 4.79 Å². The van der Waals surface area contributed by atoms with E-state index in [0.717, 1.165) is 16.7 Å². The molecule has 0 aliphatic heterocycles. The Balaban J connectivity index is 1.38. The first-order valence-corrected chi connectivity index (χ1v) is 9.33. The molecule has 0 fully saturated rings. The van der Waals surface area contributed by atoms with Gasteiger partial charge in [0.25, 0.3) is 5.91 Å². The molecular weight excluding hydrogens is 368 g/mol. The number of hydrogen-bond acceptors (Lipinski definition) is 5. The van der Waals surface area contributed by atoms with Gasteiger partial charge in [0.2, 0.25) is 5.89 Å². The van der Waals surface area contributed by atoms with E-state index in [-0.39, 0.29) is 12.5 Å². The molecule has 0 saturated carbocycles. The molecule has 1 aromatic heterocycles. The second-order valence-corrected chi connectivity index (χ2v) is 6.28. The summed E-state index contributed by atoms with van der Waals surface area (Å²) in [6, 6.07) is 22.2. The maximum Gasteiger partial charge on any atom is 0.262 e. The monoisotopic (exact) mass is 388 g/mol. The Hall–Kier alpha value is -3.80. The number of hydrogen-bond donors (Lipinski definition) is 1. The SMILES string of the molecule is CCOc1ccccc1OCC(=O)Nc1ccc(-c2nc3ccccc3o2)cc1. The number of benzene rings is 3. The van der Waals surface area contributed by atoms with Crippen LogP contribution in [0.15, 0.2) is 77.2 Å². The Labute approximate surface area is 168 Å². The lowest BCUT2D eigenvalue weighted by atomic mass is 10.2. The molecule has 146 valence electrons. The highest BCUT2D eigenvalue weighted by atomic mass is 16.5. The molecule has 0 atom stereocenters. The van der Waals surface area contributed by atoms with Crippen LogP contribution < -0.4 is 14.8 Å². The predicted octanol–water partition coefficient (Wildman–Crippen LogP) is 4.91. The van der Waals surface area contributed by atoms with Gasteiger partial charge in [0.05, 0.1) is 6.61 Å². The number of carbonyl (C=O) groups excluding carboxylic acids is 1. The fraction of sp³-hybridized carbons (Fsp3) is 0.130. The van der Waals surface area contributed by atoms with E-state index in [1.165, 1.54) is 0 Å². The second-order valence-electron chi connectivity index (χ2n) is 6.28. The highest BCUT2D eigenvalue weighted by Gasteiger charge is 2.10. The lowest BCUT2D eigenvalue weighted by Gasteiger charge is -2.11. The Morgan fingerprint density at radius 3 is 2.34 bits per heavy atom. The molecule has 6 heteroatoms. The molecule has 0 unspecified atom stereocenters. The van der Waals surface area contributed by atoms with Gasteiger partial charge in [0.15, 0.2) is 23.7 Å². The maximum atomic E-state index is 12.2. The summed E-state index contributed by atoms with van der Waals surface area (Å²) >= 11 is 0. The van der Waals surface area contributed by atoms with Gasteiger partial charge in [-0.1, -0.05) is 24.3 Å². The Bertz CT molecular complexity index is 1090. The molecule has 4 aromatic rings. The Morgan fingerprint density at radius 1 is 0.931 bits per heavy atom. The summed E-state index contributed by atoms with van der Waals surface area (Å²) in [5.41, 5.74) is 3.05. The third-order valence-corrected chi connectivity index (χ3v) is 4.22. The zero-order valence-electron chi connectivity index (χ0n) is 15.9. The average molecular weight is 388 g/mol. The number of nitrogens with one attached hydrogen (secondary N) is 1. The van der Waals surface area contributed by atoms with Crippen molar-refractivity contribution in [2.75, 3.05) is 18.5 Å². The van der Waals surface area contributed by atoms with Crippen molar-refractivity contribution < 1.29 is 18.7 Å². The molecule has 0 saturated heterocycles. The molecular formula is C23H20N2O4. The van der Waals surface area contributed by atoms with Crippen LogP contribution in [0.1, 0.15) is 6.92 Å². The summed E-state index contributed by atoms with van der Waals surface area (Å²) in [5, 5.41) is 2.81. The summed E-state index contributed by atoms with van der Waals surface area (Å²) in [6.45, 7) is 2.31. The van der Waals surface area contributed by atoms with Gasteiger partial charge < -0.3 is 19.2 Å². The number of carbonyl (C=O) groups is 1. The van der Waals surface area contributed by atoms with E-state index >= 15 is 0 Å².